The summed E-state index contributed by atoms with van der Waals surface area (Å²) in [5, 5.41) is 6.00. The van der Waals surface area contributed by atoms with Crippen LogP contribution in [-0.2, 0) is 4.79 Å². The topological polar surface area (TPSA) is 64.7 Å². The van der Waals surface area contributed by atoms with Gasteiger partial charge in [0.25, 0.3) is 0 Å². The first kappa shape index (κ1) is 19.0. The van der Waals surface area contributed by atoms with Crippen LogP contribution in [0.2, 0.25) is 0 Å². The molecular formula is C18H34N4O2. The van der Waals surface area contributed by atoms with E-state index in [-0.39, 0.29) is 23.9 Å². The smallest absolute Gasteiger partial charge is 0.317 e. The van der Waals surface area contributed by atoms with Crippen molar-refractivity contribution >= 4 is 11.9 Å². The van der Waals surface area contributed by atoms with E-state index in [0.29, 0.717) is 13.1 Å². The van der Waals surface area contributed by atoms with E-state index in [1.54, 1.807) is 0 Å². The van der Waals surface area contributed by atoms with Crippen molar-refractivity contribution in [1.82, 2.24) is 20.4 Å². The summed E-state index contributed by atoms with van der Waals surface area (Å²) in [5.74, 6) is 1.05. The van der Waals surface area contributed by atoms with Crippen molar-refractivity contribution in [3.05, 3.63) is 0 Å². The van der Waals surface area contributed by atoms with Gasteiger partial charge in [-0.3, -0.25) is 4.79 Å². The Morgan fingerprint density at radius 3 is 2.25 bits per heavy atom. The maximum Gasteiger partial charge on any atom is 0.317 e. The second-order valence-corrected chi connectivity index (χ2v) is 7.68. The minimum atomic E-state index is -0.0109. The van der Waals surface area contributed by atoms with Crippen molar-refractivity contribution in [2.45, 2.75) is 52.5 Å². The van der Waals surface area contributed by atoms with E-state index < -0.39 is 0 Å². The Morgan fingerprint density at radius 1 is 1.04 bits per heavy atom. The van der Waals surface area contributed by atoms with Gasteiger partial charge in [0.15, 0.2) is 0 Å². The van der Waals surface area contributed by atoms with Crippen LogP contribution in [0, 0.1) is 11.8 Å². The number of amides is 3. The Balaban J connectivity index is 1.61. The largest absolute Gasteiger partial charge is 0.355 e. The Bertz CT molecular complexity index is 411. The maximum atomic E-state index is 12.3. The normalized spacial score (nSPS) is 21.1. The Hall–Kier alpha value is -1.30. The highest BCUT2D eigenvalue weighted by molar-refractivity contribution is 5.79. The number of nitrogens with one attached hydrogen (secondary N) is 2. The lowest BCUT2D eigenvalue weighted by Gasteiger charge is -2.32. The summed E-state index contributed by atoms with van der Waals surface area (Å²) in [7, 11) is 0. The lowest BCUT2D eigenvalue weighted by molar-refractivity contribution is -0.126. The first-order chi connectivity index (χ1) is 11.5. The predicted octanol–water partition coefficient (Wildman–Crippen LogP) is 1.66. The van der Waals surface area contributed by atoms with Gasteiger partial charge < -0.3 is 20.4 Å². The highest BCUT2D eigenvalue weighted by Crippen LogP contribution is 2.18. The molecule has 6 nitrogen and oxygen atoms in total. The molecule has 24 heavy (non-hydrogen) atoms. The van der Waals surface area contributed by atoms with Crippen LogP contribution in [0.1, 0.15) is 46.5 Å². The number of urea groups is 1. The molecule has 0 aromatic heterocycles. The van der Waals surface area contributed by atoms with Gasteiger partial charge >= 0.3 is 6.03 Å². The number of rotatable bonds is 5. The van der Waals surface area contributed by atoms with Crippen LogP contribution in [0.15, 0.2) is 0 Å². The maximum absolute atomic E-state index is 12.3. The molecule has 0 spiro atoms. The first-order valence-corrected chi connectivity index (χ1v) is 9.51. The van der Waals surface area contributed by atoms with Crippen LogP contribution in [0.5, 0.6) is 0 Å². The zero-order valence-corrected chi connectivity index (χ0v) is 15.5. The number of likely N-dealkylation sites (tertiary alicyclic amines) is 2. The molecule has 0 unspecified atom stereocenters. The molecule has 138 valence electrons. The quantitative estimate of drug-likeness (QED) is 0.801. The fraction of sp³-hybridized carbons (Fsp3) is 0.889. The molecule has 0 aromatic rings. The van der Waals surface area contributed by atoms with Crippen molar-refractivity contribution < 1.29 is 9.59 Å². The molecule has 0 aromatic carbocycles. The zero-order chi connectivity index (χ0) is 17.5. The van der Waals surface area contributed by atoms with Crippen molar-refractivity contribution in [3.63, 3.8) is 0 Å². The summed E-state index contributed by atoms with van der Waals surface area (Å²) >= 11 is 0. The molecule has 2 rings (SSSR count). The Labute approximate surface area is 146 Å². The second-order valence-electron chi connectivity index (χ2n) is 7.68. The number of piperidine rings is 2. The summed E-state index contributed by atoms with van der Waals surface area (Å²) < 4.78 is 0. The fourth-order valence-corrected chi connectivity index (χ4v) is 3.45. The molecule has 2 heterocycles. The van der Waals surface area contributed by atoms with Gasteiger partial charge in [0.2, 0.25) is 5.91 Å². The van der Waals surface area contributed by atoms with Crippen molar-refractivity contribution in [1.29, 1.82) is 0 Å². The number of carbonyl (C=O) groups excluding carboxylic acids is 2. The Kier molecular flexibility index (Phi) is 7.34. The van der Waals surface area contributed by atoms with E-state index in [2.05, 4.69) is 22.5 Å². The van der Waals surface area contributed by atoms with Crippen LogP contribution in [0.4, 0.5) is 4.79 Å². The number of carbonyl (C=O) groups is 2. The summed E-state index contributed by atoms with van der Waals surface area (Å²) in [6.45, 7) is 11.6. The van der Waals surface area contributed by atoms with Crippen molar-refractivity contribution in [2.24, 2.45) is 11.8 Å². The zero-order valence-electron chi connectivity index (χ0n) is 15.5. The summed E-state index contributed by atoms with van der Waals surface area (Å²) in [4.78, 5) is 28.5. The second kappa shape index (κ2) is 9.25. The SMILES string of the molecule is CC1CCN(CCNC(=O)C2CCN(C(=O)NC(C)C)CC2)CC1. The fourth-order valence-electron chi connectivity index (χ4n) is 3.45. The average molecular weight is 338 g/mol. The summed E-state index contributed by atoms with van der Waals surface area (Å²) in [6, 6.07) is 0.138. The van der Waals surface area contributed by atoms with Gasteiger partial charge in [-0.05, 0) is 58.5 Å². The van der Waals surface area contributed by atoms with Gasteiger partial charge in [0.1, 0.15) is 0 Å². The van der Waals surface area contributed by atoms with E-state index in [1.807, 2.05) is 18.7 Å². The summed E-state index contributed by atoms with van der Waals surface area (Å²) in [5.41, 5.74) is 0. The number of nitrogens with zero attached hydrogens (tertiary/aromatic N) is 2. The molecule has 2 saturated heterocycles. The molecular weight excluding hydrogens is 304 g/mol. The molecule has 3 amide bonds. The lowest BCUT2D eigenvalue weighted by Crippen LogP contribution is -2.48. The van der Waals surface area contributed by atoms with Crippen LogP contribution >= 0.6 is 0 Å². The van der Waals surface area contributed by atoms with Crippen LogP contribution < -0.4 is 10.6 Å². The molecule has 0 bridgehead atoms. The third-order valence-corrected chi connectivity index (χ3v) is 5.17. The van der Waals surface area contributed by atoms with E-state index in [4.69, 9.17) is 0 Å². The lowest BCUT2D eigenvalue weighted by atomic mass is 9.96. The molecule has 2 fully saturated rings. The van der Waals surface area contributed by atoms with Crippen LogP contribution in [-0.4, -0.2) is 67.0 Å². The highest BCUT2D eigenvalue weighted by atomic mass is 16.2. The van der Waals surface area contributed by atoms with Crippen LogP contribution in [0.3, 0.4) is 0 Å². The van der Waals surface area contributed by atoms with E-state index in [9.17, 15) is 9.59 Å². The molecule has 0 radical (unpaired) electrons. The van der Waals surface area contributed by atoms with Gasteiger partial charge in [0.05, 0.1) is 0 Å². The van der Waals surface area contributed by atoms with Gasteiger partial charge in [-0.15, -0.1) is 0 Å². The molecule has 0 saturated carbocycles. The highest BCUT2D eigenvalue weighted by Gasteiger charge is 2.27. The standard InChI is InChI=1S/C18H34N4O2/c1-14(2)20-18(24)22-11-6-16(7-12-22)17(23)19-8-13-21-9-4-15(3)5-10-21/h14-16H,4-13H2,1-3H3,(H,19,23)(H,20,24). The molecule has 2 N–H and O–H groups in total. The van der Waals surface area contributed by atoms with Gasteiger partial charge in [0, 0.05) is 38.1 Å². The van der Waals surface area contributed by atoms with Crippen molar-refractivity contribution in [3.8, 4) is 0 Å². The van der Waals surface area contributed by atoms with Crippen molar-refractivity contribution in [2.75, 3.05) is 39.3 Å². The molecule has 0 aliphatic carbocycles. The molecule has 0 atom stereocenters. The minimum absolute atomic E-state index is 0.0109. The molecule has 2 aliphatic heterocycles. The van der Waals surface area contributed by atoms with Gasteiger partial charge in [-0.2, -0.15) is 0 Å². The monoisotopic (exact) mass is 338 g/mol. The van der Waals surface area contributed by atoms with E-state index in [0.717, 1.165) is 44.9 Å². The van der Waals surface area contributed by atoms with E-state index in [1.165, 1.54) is 12.8 Å². The molecule has 2 aliphatic rings. The predicted molar refractivity (Wildman–Crippen MR) is 95.8 cm³/mol. The number of hydrogen-bond donors (Lipinski definition) is 2. The number of hydrogen-bond acceptors (Lipinski definition) is 3. The average Bonchev–Trinajstić information content (AvgIpc) is 2.56. The molecule has 6 heteroatoms. The minimum Gasteiger partial charge on any atom is -0.355 e. The third-order valence-electron chi connectivity index (χ3n) is 5.17. The van der Waals surface area contributed by atoms with Gasteiger partial charge in [-0.25, -0.2) is 4.79 Å². The Morgan fingerprint density at radius 2 is 1.67 bits per heavy atom. The first-order valence-electron chi connectivity index (χ1n) is 9.51. The van der Waals surface area contributed by atoms with Crippen LogP contribution in [0.25, 0.3) is 0 Å². The summed E-state index contributed by atoms with van der Waals surface area (Å²) in [6.07, 6.45) is 4.06. The third kappa shape index (κ3) is 5.96. The van der Waals surface area contributed by atoms with E-state index >= 15 is 0 Å². The van der Waals surface area contributed by atoms with Gasteiger partial charge in [-0.1, -0.05) is 6.92 Å².